The zero-order valence-corrected chi connectivity index (χ0v) is 12.5. The second-order valence-electron chi connectivity index (χ2n) is 6.38. The number of halogens is 1. The van der Waals surface area contributed by atoms with Gasteiger partial charge < -0.3 is 10.8 Å². The molecule has 3 N–H and O–H groups in total. The summed E-state index contributed by atoms with van der Waals surface area (Å²) in [7, 11) is 0. The first-order valence-electron chi connectivity index (χ1n) is 7.66. The molecule has 0 saturated heterocycles. The maximum Gasteiger partial charge on any atom is 0.129 e. The van der Waals surface area contributed by atoms with Gasteiger partial charge in [0.05, 0.1) is 5.60 Å². The summed E-state index contributed by atoms with van der Waals surface area (Å²) in [5.41, 5.74) is 4.88. The van der Waals surface area contributed by atoms with E-state index in [0.717, 1.165) is 19.3 Å². The van der Waals surface area contributed by atoms with Crippen molar-refractivity contribution in [3.63, 3.8) is 0 Å². The van der Waals surface area contributed by atoms with Gasteiger partial charge in [0.2, 0.25) is 0 Å². The SMILES string of the molecule is CCC(O)(c1ccccc1F)C1(CN)CCCC(C)C1. The maximum atomic E-state index is 14.2. The lowest BCUT2D eigenvalue weighted by molar-refractivity contribution is -0.119. The van der Waals surface area contributed by atoms with Gasteiger partial charge in [-0.1, -0.05) is 44.9 Å². The van der Waals surface area contributed by atoms with Crippen LogP contribution in [0.15, 0.2) is 24.3 Å². The Morgan fingerprint density at radius 1 is 1.45 bits per heavy atom. The van der Waals surface area contributed by atoms with Gasteiger partial charge in [0, 0.05) is 17.5 Å². The molecule has 0 amide bonds. The van der Waals surface area contributed by atoms with Gasteiger partial charge in [0.15, 0.2) is 0 Å². The molecule has 0 aliphatic heterocycles. The summed E-state index contributed by atoms with van der Waals surface area (Å²) in [5.74, 6) is 0.194. The lowest BCUT2D eigenvalue weighted by Crippen LogP contribution is -2.52. The molecule has 20 heavy (non-hydrogen) atoms. The topological polar surface area (TPSA) is 46.2 Å². The normalized spacial score (nSPS) is 29.9. The van der Waals surface area contributed by atoms with E-state index in [1.54, 1.807) is 18.2 Å². The largest absolute Gasteiger partial charge is 0.384 e. The Labute approximate surface area is 121 Å². The number of hydrogen-bond acceptors (Lipinski definition) is 2. The van der Waals surface area contributed by atoms with Gasteiger partial charge in [-0.15, -0.1) is 0 Å². The van der Waals surface area contributed by atoms with Crippen LogP contribution in [0, 0.1) is 17.2 Å². The Morgan fingerprint density at radius 3 is 2.70 bits per heavy atom. The Hall–Kier alpha value is -0.930. The molecular weight excluding hydrogens is 253 g/mol. The summed E-state index contributed by atoms with van der Waals surface area (Å²) < 4.78 is 14.2. The smallest absolute Gasteiger partial charge is 0.129 e. The molecule has 3 heteroatoms. The second-order valence-corrected chi connectivity index (χ2v) is 6.38. The summed E-state index contributed by atoms with van der Waals surface area (Å²) in [6.07, 6.45) is 4.43. The van der Waals surface area contributed by atoms with E-state index in [2.05, 4.69) is 6.92 Å². The van der Waals surface area contributed by atoms with Crippen molar-refractivity contribution >= 4 is 0 Å². The van der Waals surface area contributed by atoms with Crippen molar-refractivity contribution in [3.8, 4) is 0 Å². The number of rotatable bonds is 4. The van der Waals surface area contributed by atoms with Crippen molar-refractivity contribution in [1.29, 1.82) is 0 Å². The average Bonchev–Trinajstić information content (AvgIpc) is 2.46. The van der Waals surface area contributed by atoms with Gasteiger partial charge >= 0.3 is 0 Å². The highest BCUT2D eigenvalue weighted by atomic mass is 19.1. The number of hydrogen-bond donors (Lipinski definition) is 2. The highest BCUT2D eigenvalue weighted by molar-refractivity contribution is 5.28. The van der Waals surface area contributed by atoms with Crippen LogP contribution in [-0.2, 0) is 5.60 Å². The molecule has 1 aliphatic carbocycles. The van der Waals surface area contributed by atoms with Crippen LogP contribution in [0.2, 0.25) is 0 Å². The fraction of sp³-hybridized carbons (Fsp3) is 0.647. The first-order valence-corrected chi connectivity index (χ1v) is 7.66. The molecule has 112 valence electrons. The minimum absolute atomic E-state index is 0.331. The zero-order valence-electron chi connectivity index (χ0n) is 12.5. The molecule has 1 saturated carbocycles. The van der Waals surface area contributed by atoms with Gasteiger partial charge in [0.25, 0.3) is 0 Å². The van der Waals surface area contributed by atoms with Gasteiger partial charge in [0.1, 0.15) is 5.82 Å². The Morgan fingerprint density at radius 2 is 2.15 bits per heavy atom. The molecule has 1 fully saturated rings. The molecule has 0 bridgehead atoms. The van der Waals surface area contributed by atoms with E-state index in [1.165, 1.54) is 12.5 Å². The summed E-state index contributed by atoms with van der Waals surface area (Å²) >= 11 is 0. The highest BCUT2D eigenvalue weighted by Gasteiger charge is 2.51. The van der Waals surface area contributed by atoms with Crippen molar-refractivity contribution in [2.75, 3.05) is 6.54 Å². The second kappa shape index (κ2) is 5.82. The van der Waals surface area contributed by atoms with Crippen LogP contribution in [0.5, 0.6) is 0 Å². The molecule has 2 nitrogen and oxygen atoms in total. The van der Waals surface area contributed by atoms with E-state index in [9.17, 15) is 9.50 Å². The van der Waals surface area contributed by atoms with Crippen molar-refractivity contribution in [1.82, 2.24) is 0 Å². The van der Waals surface area contributed by atoms with E-state index in [1.807, 2.05) is 6.92 Å². The van der Waals surface area contributed by atoms with Gasteiger partial charge in [-0.2, -0.15) is 0 Å². The lowest BCUT2D eigenvalue weighted by atomic mass is 9.58. The van der Waals surface area contributed by atoms with Crippen LogP contribution < -0.4 is 5.73 Å². The Bertz CT molecular complexity index is 464. The van der Waals surface area contributed by atoms with E-state index in [4.69, 9.17) is 5.73 Å². The number of benzene rings is 1. The monoisotopic (exact) mass is 279 g/mol. The van der Waals surface area contributed by atoms with Crippen molar-refractivity contribution in [2.24, 2.45) is 17.1 Å². The number of nitrogens with two attached hydrogens (primary N) is 1. The number of aliphatic hydroxyl groups is 1. The summed E-state index contributed by atoms with van der Waals surface area (Å²) in [5, 5.41) is 11.3. The van der Waals surface area contributed by atoms with E-state index in [-0.39, 0.29) is 5.82 Å². The molecule has 3 unspecified atom stereocenters. The first-order chi connectivity index (χ1) is 9.49. The third-order valence-electron chi connectivity index (χ3n) is 5.19. The summed E-state index contributed by atoms with van der Waals surface area (Å²) in [6.45, 7) is 4.51. The molecule has 3 atom stereocenters. The molecule has 0 radical (unpaired) electrons. The summed E-state index contributed by atoms with van der Waals surface area (Å²) in [4.78, 5) is 0. The van der Waals surface area contributed by atoms with Crippen molar-refractivity contribution in [3.05, 3.63) is 35.6 Å². The molecule has 1 aromatic rings. The zero-order chi connectivity index (χ0) is 14.8. The van der Waals surface area contributed by atoms with Crippen LogP contribution in [0.1, 0.15) is 51.5 Å². The van der Waals surface area contributed by atoms with E-state index >= 15 is 0 Å². The van der Waals surface area contributed by atoms with Crippen LogP contribution in [-0.4, -0.2) is 11.7 Å². The molecule has 2 rings (SSSR count). The predicted octanol–water partition coefficient (Wildman–Crippen LogP) is 3.58. The molecule has 0 spiro atoms. The van der Waals surface area contributed by atoms with E-state index in [0.29, 0.717) is 24.4 Å². The maximum absolute atomic E-state index is 14.2. The molecule has 1 aliphatic rings. The third kappa shape index (κ3) is 2.38. The summed E-state index contributed by atoms with van der Waals surface area (Å²) in [6, 6.07) is 6.57. The van der Waals surface area contributed by atoms with Gasteiger partial charge in [-0.25, -0.2) is 4.39 Å². The van der Waals surface area contributed by atoms with Crippen molar-refractivity contribution in [2.45, 2.75) is 51.6 Å². The average molecular weight is 279 g/mol. The Kier molecular flexibility index (Phi) is 4.50. The standard InChI is InChI=1S/C17H26FNO/c1-3-17(20,14-8-4-5-9-15(14)18)16(12-19)10-6-7-13(2)11-16/h4-5,8-9,13,20H,3,6-7,10-12,19H2,1-2H3. The van der Waals surface area contributed by atoms with Gasteiger partial charge in [-0.3, -0.25) is 0 Å². The first kappa shape index (κ1) is 15.5. The lowest BCUT2D eigenvalue weighted by Gasteiger charge is -2.51. The fourth-order valence-electron chi connectivity index (χ4n) is 4.04. The van der Waals surface area contributed by atoms with Crippen molar-refractivity contribution < 1.29 is 9.50 Å². The predicted molar refractivity (Wildman–Crippen MR) is 79.7 cm³/mol. The Balaban J connectivity index is 2.50. The van der Waals surface area contributed by atoms with Crippen LogP contribution >= 0.6 is 0 Å². The van der Waals surface area contributed by atoms with E-state index < -0.39 is 11.0 Å². The fourth-order valence-corrected chi connectivity index (χ4v) is 4.04. The third-order valence-corrected chi connectivity index (χ3v) is 5.19. The molecule has 1 aromatic carbocycles. The quantitative estimate of drug-likeness (QED) is 0.885. The minimum atomic E-state index is -1.18. The van der Waals surface area contributed by atoms with Crippen LogP contribution in [0.3, 0.4) is 0 Å². The van der Waals surface area contributed by atoms with Gasteiger partial charge in [-0.05, 0) is 31.2 Å². The minimum Gasteiger partial charge on any atom is -0.384 e. The van der Waals surface area contributed by atoms with Crippen LogP contribution in [0.4, 0.5) is 4.39 Å². The molecular formula is C17H26FNO. The highest BCUT2D eigenvalue weighted by Crippen LogP contribution is 2.52. The molecule has 0 heterocycles. The van der Waals surface area contributed by atoms with Crippen LogP contribution in [0.25, 0.3) is 0 Å². The molecule has 0 aromatic heterocycles.